The Morgan fingerprint density at radius 2 is 1.00 bits per heavy atom. The van der Waals surface area contributed by atoms with E-state index >= 15 is 0 Å². The van der Waals surface area contributed by atoms with Crippen molar-refractivity contribution in [2.45, 2.75) is 2.97 Å². The Labute approximate surface area is 135 Å². The number of benzene rings is 3. The third-order valence-corrected chi connectivity index (χ3v) is 7.38. The van der Waals surface area contributed by atoms with Gasteiger partial charge in [-0.05, 0) is 0 Å². The summed E-state index contributed by atoms with van der Waals surface area (Å²) in [5.41, 5.74) is 7.17. The fraction of sp³-hybridized carbons (Fsp3) is 0.0526. The van der Waals surface area contributed by atoms with Crippen molar-refractivity contribution in [1.29, 1.82) is 0 Å². The molecular weight excluding hydrogens is 435 g/mol. The zero-order valence-corrected chi connectivity index (χ0v) is 14.9. The predicted octanol–water partition coefficient (Wildman–Crippen LogP) is 4.13. The summed E-state index contributed by atoms with van der Waals surface area (Å²) >= 11 is 1.07. The van der Waals surface area contributed by atoms with Gasteiger partial charge >= 0.3 is 135 Å². The first-order chi connectivity index (χ1) is 9.82. The molecule has 1 aliphatic rings. The Hall–Kier alpha value is -1.42. The molecule has 1 aliphatic carbocycles. The molecular formula is C19H13Pb. The fourth-order valence-electron chi connectivity index (χ4n) is 3.23. The maximum absolute atomic E-state index is 2.30. The van der Waals surface area contributed by atoms with Crippen LogP contribution in [-0.2, 0) is 2.97 Å². The minimum absolute atomic E-state index is 0.0917. The summed E-state index contributed by atoms with van der Waals surface area (Å²) in [6, 6.07) is 28.7. The summed E-state index contributed by atoms with van der Waals surface area (Å²) in [6.45, 7) is 0. The van der Waals surface area contributed by atoms with Crippen LogP contribution in [0.5, 0.6) is 0 Å². The molecule has 0 unspecified atom stereocenters. The van der Waals surface area contributed by atoms with Gasteiger partial charge in [0.2, 0.25) is 0 Å². The van der Waals surface area contributed by atoms with Crippen LogP contribution >= 0.6 is 0 Å². The van der Waals surface area contributed by atoms with Gasteiger partial charge in [-0.3, -0.25) is 0 Å². The summed E-state index contributed by atoms with van der Waals surface area (Å²) in [5.74, 6) is 0. The molecule has 3 aromatic rings. The van der Waals surface area contributed by atoms with Crippen LogP contribution in [0.3, 0.4) is 0 Å². The quantitative estimate of drug-likeness (QED) is 0.491. The van der Waals surface area contributed by atoms with Crippen LogP contribution in [0.15, 0.2) is 78.9 Å². The normalized spacial score (nSPS) is 14.7. The minimum atomic E-state index is 0.0917. The van der Waals surface area contributed by atoms with E-state index < -0.39 is 0 Å². The average Bonchev–Trinajstić information content (AvgIpc) is 2.80. The first-order valence-corrected chi connectivity index (χ1v) is 8.76. The van der Waals surface area contributed by atoms with Crippen molar-refractivity contribution in [2.75, 3.05) is 0 Å². The molecule has 0 amide bonds. The van der Waals surface area contributed by atoms with Crippen molar-refractivity contribution in [3.63, 3.8) is 0 Å². The molecule has 0 bridgehead atoms. The van der Waals surface area contributed by atoms with Gasteiger partial charge < -0.3 is 0 Å². The van der Waals surface area contributed by atoms with E-state index in [0.717, 1.165) is 25.8 Å². The Bertz CT molecular complexity index is 729. The second kappa shape index (κ2) is 4.55. The van der Waals surface area contributed by atoms with E-state index in [1.807, 2.05) is 0 Å². The Balaban J connectivity index is 2.10. The third kappa shape index (κ3) is 1.57. The molecule has 0 atom stereocenters. The van der Waals surface area contributed by atoms with Crippen LogP contribution in [0.25, 0.3) is 11.1 Å². The van der Waals surface area contributed by atoms with Crippen LogP contribution in [0.2, 0.25) is 0 Å². The summed E-state index contributed by atoms with van der Waals surface area (Å²) < 4.78 is 0.0917. The standard InChI is InChI=1S/C19H13.Pb/c1-2-8-14(9-3-1)19-17-12-6-4-10-15(17)16-11-5-7-13-18(16)19;/h1-13H;. The zero-order chi connectivity index (χ0) is 13.6. The summed E-state index contributed by atoms with van der Waals surface area (Å²) in [4.78, 5) is 0. The molecule has 0 N–H and O–H groups in total. The summed E-state index contributed by atoms with van der Waals surface area (Å²) in [5, 5.41) is 0. The van der Waals surface area contributed by atoms with Crippen molar-refractivity contribution in [3.8, 4) is 11.1 Å². The van der Waals surface area contributed by atoms with E-state index in [1.165, 1.54) is 27.8 Å². The van der Waals surface area contributed by atoms with Crippen LogP contribution in [0.1, 0.15) is 16.7 Å². The molecule has 0 saturated heterocycles. The van der Waals surface area contributed by atoms with Crippen LogP contribution < -0.4 is 0 Å². The Kier molecular flexibility index (Phi) is 2.81. The SMILES string of the molecule is [Pb][C]1(c2ccccc2)c2ccccc2-c2ccccc21. The molecule has 0 fully saturated rings. The molecule has 0 aromatic heterocycles. The van der Waals surface area contributed by atoms with Gasteiger partial charge in [-0.1, -0.05) is 0 Å². The van der Waals surface area contributed by atoms with Crippen LogP contribution in [0.4, 0.5) is 0 Å². The van der Waals surface area contributed by atoms with Crippen molar-refractivity contribution in [3.05, 3.63) is 95.6 Å². The van der Waals surface area contributed by atoms with Crippen molar-refractivity contribution >= 4 is 25.8 Å². The van der Waals surface area contributed by atoms with E-state index in [9.17, 15) is 0 Å². The van der Waals surface area contributed by atoms with Gasteiger partial charge in [-0.2, -0.15) is 0 Å². The molecule has 0 saturated carbocycles. The van der Waals surface area contributed by atoms with Gasteiger partial charge in [0.25, 0.3) is 0 Å². The maximum atomic E-state index is 2.30. The molecule has 0 heterocycles. The van der Waals surface area contributed by atoms with E-state index in [1.54, 1.807) is 0 Å². The molecule has 93 valence electrons. The molecule has 0 aliphatic heterocycles. The number of hydrogen-bond donors (Lipinski definition) is 0. The number of fused-ring (bicyclic) bond motifs is 3. The second-order valence-corrected chi connectivity index (χ2v) is 8.12. The van der Waals surface area contributed by atoms with Crippen molar-refractivity contribution < 1.29 is 0 Å². The van der Waals surface area contributed by atoms with Crippen LogP contribution in [-0.4, -0.2) is 25.8 Å². The van der Waals surface area contributed by atoms with Gasteiger partial charge in [0, 0.05) is 0 Å². The van der Waals surface area contributed by atoms with E-state index in [-0.39, 0.29) is 2.97 Å². The number of rotatable bonds is 1. The van der Waals surface area contributed by atoms with Gasteiger partial charge in [0.1, 0.15) is 0 Å². The van der Waals surface area contributed by atoms with Crippen molar-refractivity contribution in [1.82, 2.24) is 0 Å². The second-order valence-electron chi connectivity index (χ2n) is 5.21. The molecule has 1 heteroatoms. The molecule has 3 radical (unpaired) electrons. The van der Waals surface area contributed by atoms with Crippen LogP contribution in [0, 0.1) is 0 Å². The average molecular weight is 449 g/mol. The zero-order valence-electron chi connectivity index (χ0n) is 11.0. The summed E-state index contributed by atoms with van der Waals surface area (Å²) in [7, 11) is 0. The van der Waals surface area contributed by atoms with Gasteiger partial charge in [0.15, 0.2) is 0 Å². The fourth-order valence-corrected chi connectivity index (χ4v) is 5.58. The first kappa shape index (κ1) is 12.3. The van der Waals surface area contributed by atoms with E-state index in [0.29, 0.717) is 0 Å². The predicted molar refractivity (Wildman–Crippen MR) is 84.0 cm³/mol. The summed E-state index contributed by atoms with van der Waals surface area (Å²) in [6.07, 6.45) is 0. The first-order valence-electron chi connectivity index (χ1n) is 6.82. The van der Waals surface area contributed by atoms with Gasteiger partial charge in [0.05, 0.1) is 0 Å². The molecule has 20 heavy (non-hydrogen) atoms. The monoisotopic (exact) mass is 449 g/mol. The third-order valence-electron chi connectivity index (χ3n) is 4.16. The van der Waals surface area contributed by atoms with E-state index in [2.05, 4.69) is 78.9 Å². The Morgan fingerprint density at radius 1 is 0.550 bits per heavy atom. The molecule has 0 spiro atoms. The number of hydrogen-bond acceptors (Lipinski definition) is 0. The molecule has 4 rings (SSSR count). The molecule has 3 aromatic carbocycles. The van der Waals surface area contributed by atoms with E-state index in [4.69, 9.17) is 0 Å². The van der Waals surface area contributed by atoms with Gasteiger partial charge in [-0.25, -0.2) is 0 Å². The van der Waals surface area contributed by atoms with Crippen molar-refractivity contribution in [2.24, 2.45) is 0 Å². The topological polar surface area (TPSA) is 0 Å². The van der Waals surface area contributed by atoms with Gasteiger partial charge in [-0.15, -0.1) is 0 Å². The molecule has 0 nitrogen and oxygen atoms in total. The Morgan fingerprint density at radius 3 is 1.55 bits per heavy atom.